The lowest BCUT2D eigenvalue weighted by molar-refractivity contribution is 0.158. The van der Waals surface area contributed by atoms with E-state index in [1.807, 2.05) is 0 Å². The molecule has 0 bridgehead atoms. The molecule has 1 aromatic carbocycles. The summed E-state index contributed by atoms with van der Waals surface area (Å²) < 4.78 is 13.8. The van der Waals surface area contributed by atoms with Gasteiger partial charge in [-0.25, -0.2) is 4.39 Å². The Morgan fingerprint density at radius 1 is 1.40 bits per heavy atom. The van der Waals surface area contributed by atoms with E-state index in [1.54, 1.807) is 24.3 Å². The van der Waals surface area contributed by atoms with Gasteiger partial charge in [-0.2, -0.15) is 0 Å². The van der Waals surface area contributed by atoms with Crippen LogP contribution in [0.1, 0.15) is 37.5 Å². The Hall–Kier alpha value is -0.930. The van der Waals surface area contributed by atoms with Gasteiger partial charge in [-0.15, -0.1) is 0 Å². The number of alkyl halides is 1. The third-order valence-corrected chi connectivity index (χ3v) is 2.40. The summed E-state index contributed by atoms with van der Waals surface area (Å²) in [7, 11) is 0. The van der Waals surface area contributed by atoms with Crippen LogP contribution in [0, 0.1) is 0 Å². The maximum absolute atomic E-state index is 13.8. The number of rotatable bonds is 4. The number of aliphatic hydroxyl groups excluding tert-OH is 1. The highest BCUT2D eigenvalue weighted by molar-refractivity contribution is 5.33. The molecule has 0 aliphatic rings. The first-order valence-electron chi connectivity index (χ1n) is 5.13. The Bertz CT molecular complexity index is 320. The van der Waals surface area contributed by atoms with Crippen molar-refractivity contribution in [2.24, 2.45) is 5.73 Å². The normalized spacial score (nSPS) is 13.9. The fourth-order valence-electron chi connectivity index (χ4n) is 1.64. The maximum Gasteiger partial charge on any atom is 0.130 e. The lowest BCUT2D eigenvalue weighted by atomic mass is 9.91. The average Bonchev–Trinajstić information content (AvgIpc) is 2.17. The Morgan fingerprint density at radius 2 is 2.00 bits per heavy atom. The van der Waals surface area contributed by atoms with E-state index in [0.717, 1.165) is 0 Å². The zero-order valence-corrected chi connectivity index (χ0v) is 9.20. The lowest BCUT2D eigenvalue weighted by Gasteiger charge is -2.21. The van der Waals surface area contributed by atoms with Gasteiger partial charge in [0.1, 0.15) is 5.67 Å². The lowest BCUT2D eigenvalue weighted by Crippen LogP contribution is -2.16. The van der Waals surface area contributed by atoms with E-state index in [4.69, 9.17) is 5.73 Å². The van der Waals surface area contributed by atoms with Crippen LogP contribution in [0.2, 0.25) is 0 Å². The van der Waals surface area contributed by atoms with E-state index < -0.39 is 11.8 Å². The standard InChI is InChI=1S/C12H18FNO/c1-12(2,13)10-6-4-3-5-9(10)11(15)7-8-14/h3-6,11,15H,7-8,14H2,1-2H3. The number of hydrogen-bond acceptors (Lipinski definition) is 2. The molecule has 15 heavy (non-hydrogen) atoms. The fourth-order valence-corrected chi connectivity index (χ4v) is 1.64. The van der Waals surface area contributed by atoms with Crippen LogP contribution in [-0.2, 0) is 5.67 Å². The molecule has 0 saturated carbocycles. The molecule has 1 atom stereocenters. The minimum atomic E-state index is -1.44. The van der Waals surface area contributed by atoms with Crippen LogP contribution in [0.5, 0.6) is 0 Å². The summed E-state index contributed by atoms with van der Waals surface area (Å²) in [5.41, 5.74) is 5.10. The molecule has 0 saturated heterocycles. The van der Waals surface area contributed by atoms with Crippen LogP contribution in [0.4, 0.5) is 4.39 Å². The van der Waals surface area contributed by atoms with Gasteiger partial charge in [0.2, 0.25) is 0 Å². The molecule has 84 valence electrons. The van der Waals surface area contributed by atoms with Crippen molar-refractivity contribution in [2.75, 3.05) is 6.54 Å². The summed E-state index contributed by atoms with van der Waals surface area (Å²) >= 11 is 0. The molecule has 2 nitrogen and oxygen atoms in total. The van der Waals surface area contributed by atoms with Crippen LogP contribution >= 0.6 is 0 Å². The number of hydrogen-bond donors (Lipinski definition) is 2. The second-order valence-electron chi connectivity index (χ2n) is 4.15. The molecule has 3 N–H and O–H groups in total. The summed E-state index contributed by atoms with van der Waals surface area (Å²) in [6.45, 7) is 3.37. The largest absolute Gasteiger partial charge is 0.388 e. The van der Waals surface area contributed by atoms with Crippen LogP contribution < -0.4 is 5.73 Å². The zero-order valence-electron chi connectivity index (χ0n) is 9.20. The number of halogens is 1. The van der Waals surface area contributed by atoms with Gasteiger partial charge in [0.05, 0.1) is 6.10 Å². The first-order chi connectivity index (χ1) is 6.96. The molecule has 0 radical (unpaired) electrons. The third-order valence-electron chi connectivity index (χ3n) is 2.40. The molecule has 0 aliphatic heterocycles. The molecule has 0 amide bonds. The van der Waals surface area contributed by atoms with Gasteiger partial charge in [0.25, 0.3) is 0 Å². The van der Waals surface area contributed by atoms with Crippen LogP contribution in [-0.4, -0.2) is 11.7 Å². The quantitative estimate of drug-likeness (QED) is 0.802. The topological polar surface area (TPSA) is 46.2 Å². The van der Waals surface area contributed by atoms with E-state index in [2.05, 4.69) is 0 Å². The second kappa shape index (κ2) is 4.73. The van der Waals surface area contributed by atoms with Crippen molar-refractivity contribution in [1.82, 2.24) is 0 Å². The Morgan fingerprint density at radius 3 is 2.53 bits per heavy atom. The van der Waals surface area contributed by atoms with Crippen LogP contribution in [0.15, 0.2) is 24.3 Å². The van der Waals surface area contributed by atoms with Crippen molar-refractivity contribution < 1.29 is 9.50 Å². The van der Waals surface area contributed by atoms with E-state index in [1.165, 1.54) is 13.8 Å². The van der Waals surface area contributed by atoms with Gasteiger partial charge in [-0.05, 0) is 37.9 Å². The Labute approximate surface area is 89.9 Å². The highest BCUT2D eigenvalue weighted by Gasteiger charge is 2.24. The Kier molecular flexibility index (Phi) is 3.83. The van der Waals surface area contributed by atoms with Crippen molar-refractivity contribution in [3.05, 3.63) is 35.4 Å². The highest BCUT2D eigenvalue weighted by atomic mass is 19.1. The predicted molar refractivity (Wildman–Crippen MR) is 59.2 cm³/mol. The predicted octanol–water partition coefficient (Wildman–Crippen LogP) is 2.27. The minimum absolute atomic E-state index is 0.391. The van der Waals surface area contributed by atoms with Crippen molar-refractivity contribution in [1.29, 1.82) is 0 Å². The smallest absolute Gasteiger partial charge is 0.130 e. The summed E-state index contributed by atoms with van der Waals surface area (Å²) in [6, 6.07) is 7.02. The molecule has 3 heteroatoms. The summed E-state index contributed by atoms with van der Waals surface area (Å²) in [4.78, 5) is 0. The molecule has 0 heterocycles. The maximum atomic E-state index is 13.8. The molecular weight excluding hydrogens is 193 g/mol. The molecule has 0 aliphatic carbocycles. The van der Waals surface area contributed by atoms with E-state index in [0.29, 0.717) is 24.1 Å². The van der Waals surface area contributed by atoms with Crippen LogP contribution in [0.25, 0.3) is 0 Å². The first kappa shape index (κ1) is 12.1. The molecule has 0 aromatic heterocycles. The van der Waals surface area contributed by atoms with Gasteiger partial charge in [0, 0.05) is 0 Å². The van der Waals surface area contributed by atoms with E-state index >= 15 is 0 Å². The fraction of sp³-hybridized carbons (Fsp3) is 0.500. The van der Waals surface area contributed by atoms with Crippen LogP contribution in [0.3, 0.4) is 0 Å². The number of aliphatic hydroxyl groups is 1. The molecular formula is C12H18FNO. The second-order valence-corrected chi connectivity index (χ2v) is 4.15. The first-order valence-corrected chi connectivity index (χ1v) is 5.13. The van der Waals surface area contributed by atoms with Gasteiger partial charge >= 0.3 is 0 Å². The molecule has 0 spiro atoms. The van der Waals surface area contributed by atoms with E-state index in [-0.39, 0.29) is 0 Å². The molecule has 0 fully saturated rings. The van der Waals surface area contributed by atoms with Crippen molar-refractivity contribution >= 4 is 0 Å². The Balaban J connectivity index is 3.06. The van der Waals surface area contributed by atoms with Gasteiger partial charge < -0.3 is 10.8 Å². The summed E-state index contributed by atoms with van der Waals surface area (Å²) in [5.74, 6) is 0. The average molecular weight is 211 g/mol. The van der Waals surface area contributed by atoms with E-state index in [9.17, 15) is 9.50 Å². The third kappa shape index (κ3) is 3.01. The summed E-state index contributed by atoms with van der Waals surface area (Å²) in [6.07, 6.45) is -0.228. The molecule has 1 unspecified atom stereocenters. The van der Waals surface area contributed by atoms with Gasteiger partial charge in [-0.1, -0.05) is 24.3 Å². The zero-order chi connectivity index (χ0) is 11.5. The van der Waals surface area contributed by atoms with Crippen molar-refractivity contribution in [3.8, 4) is 0 Å². The van der Waals surface area contributed by atoms with Crippen molar-refractivity contribution in [3.63, 3.8) is 0 Å². The highest BCUT2D eigenvalue weighted by Crippen LogP contribution is 2.31. The summed E-state index contributed by atoms with van der Waals surface area (Å²) in [5, 5.41) is 9.82. The van der Waals surface area contributed by atoms with Gasteiger partial charge in [-0.3, -0.25) is 0 Å². The number of benzene rings is 1. The van der Waals surface area contributed by atoms with Gasteiger partial charge in [0.15, 0.2) is 0 Å². The SMILES string of the molecule is CC(C)(F)c1ccccc1C(O)CCN. The van der Waals surface area contributed by atoms with Crippen molar-refractivity contribution in [2.45, 2.75) is 32.0 Å². The molecule has 1 rings (SSSR count). The number of nitrogens with two attached hydrogens (primary N) is 1. The monoisotopic (exact) mass is 211 g/mol. The minimum Gasteiger partial charge on any atom is -0.388 e. The molecule has 1 aromatic rings.